The van der Waals surface area contributed by atoms with Crippen LogP contribution < -0.4 is 5.69 Å². The van der Waals surface area contributed by atoms with Crippen molar-refractivity contribution in [3.63, 3.8) is 0 Å². The van der Waals surface area contributed by atoms with Gasteiger partial charge in [-0.05, 0) is 56.0 Å². The van der Waals surface area contributed by atoms with Crippen molar-refractivity contribution in [2.24, 2.45) is 0 Å². The van der Waals surface area contributed by atoms with E-state index in [0.717, 1.165) is 49.8 Å². The number of fused-ring (bicyclic) bond motifs is 1. The van der Waals surface area contributed by atoms with Crippen LogP contribution in [0.4, 0.5) is 0 Å². The van der Waals surface area contributed by atoms with Crippen molar-refractivity contribution in [3.8, 4) is 0 Å². The first-order chi connectivity index (χ1) is 15.4. The molecule has 2 aliphatic heterocycles. The number of nitrogens with one attached hydrogen (secondary N) is 1. The minimum atomic E-state index is -3.42. The summed E-state index contributed by atoms with van der Waals surface area (Å²) in [4.78, 5) is 18.3. The van der Waals surface area contributed by atoms with Gasteiger partial charge in [0.15, 0.2) is 0 Å². The van der Waals surface area contributed by atoms with Crippen LogP contribution in [0.5, 0.6) is 0 Å². The molecule has 170 valence electrons. The molecule has 0 bridgehead atoms. The zero-order valence-electron chi connectivity index (χ0n) is 17.8. The second kappa shape index (κ2) is 8.67. The second-order valence-corrected chi connectivity index (χ2v) is 11.1. The number of halogens is 1. The van der Waals surface area contributed by atoms with E-state index >= 15 is 0 Å². The Morgan fingerprint density at radius 1 is 0.875 bits per heavy atom. The van der Waals surface area contributed by atoms with Gasteiger partial charge in [-0.1, -0.05) is 29.8 Å². The lowest BCUT2D eigenvalue weighted by Crippen LogP contribution is -2.49. The van der Waals surface area contributed by atoms with Crippen LogP contribution in [0.15, 0.2) is 58.2 Å². The Balaban J connectivity index is 1.21. The van der Waals surface area contributed by atoms with Gasteiger partial charge >= 0.3 is 5.69 Å². The van der Waals surface area contributed by atoms with E-state index in [1.165, 1.54) is 0 Å². The van der Waals surface area contributed by atoms with E-state index in [4.69, 9.17) is 11.6 Å². The van der Waals surface area contributed by atoms with E-state index in [-0.39, 0.29) is 11.7 Å². The monoisotopic (exact) mass is 474 g/mol. The number of aromatic nitrogens is 2. The molecular formula is C23H27ClN4O3S. The van der Waals surface area contributed by atoms with Gasteiger partial charge in [-0.3, -0.25) is 4.57 Å². The highest BCUT2D eigenvalue weighted by Gasteiger charge is 2.33. The summed E-state index contributed by atoms with van der Waals surface area (Å²) in [5.41, 5.74) is 1.59. The number of H-pyrrole nitrogens is 1. The molecule has 0 saturated carbocycles. The van der Waals surface area contributed by atoms with Gasteiger partial charge in [0, 0.05) is 43.3 Å². The highest BCUT2D eigenvalue weighted by molar-refractivity contribution is 7.89. The summed E-state index contributed by atoms with van der Waals surface area (Å²) in [5.74, 6) is 0. The number of rotatable bonds is 4. The normalized spacial score (nSPS) is 20.2. The fraction of sp³-hybridized carbons (Fsp3) is 0.435. The molecule has 9 heteroatoms. The first kappa shape index (κ1) is 21.7. The van der Waals surface area contributed by atoms with Gasteiger partial charge in [0.05, 0.1) is 15.9 Å². The lowest BCUT2D eigenvalue weighted by Gasteiger charge is -2.41. The second-order valence-electron chi connectivity index (χ2n) is 8.68. The quantitative estimate of drug-likeness (QED) is 0.628. The minimum absolute atomic E-state index is 0.0832. The number of imidazole rings is 1. The van der Waals surface area contributed by atoms with E-state index in [1.54, 1.807) is 34.6 Å². The van der Waals surface area contributed by atoms with Crippen molar-refractivity contribution in [1.82, 2.24) is 18.8 Å². The Bertz CT molecular complexity index is 1260. The Morgan fingerprint density at radius 3 is 2.22 bits per heavy atom. The molecule has 2 aliphatic rings. The highest BCUT2D eigenvalue weighted by Crippen LogP contribution is 2.30. The van der Waals surface area contributed by atoms with Gasteiger partial charge in [-0.25, -0.2) is 13.2 Å². The molecule has 2 aromatic carbocycles. The average Bonchev–Trinajstić information content (AvgIpc) is 3.14. The molecule has 0 radical (unpaired) electrons. The summed E-state index contributed by atoms with van der Waals surface area (Å²) in [6, 6.07) is 14.7. The molecule has 0 spiro atoms. The lowest BCUT2D eigenvalue weighted by molar-refractivity contribution is 0.0992. The largest absolute Gasteiger partial charge is 0.326 e. The maximum atomic E-state index is 12.9. The molecule has 0 atom stereocenters. The number of nitrogens with zero attached hydrogens (tertiary/aromatic N) is 3. The molecule has 5 rings (SSSR count). The molecular weight excluding hydrogens is 448 g/mol. The van der Waals surface area contributed by atoms with Gasteiger partial charge in [0.25, 0.3) is 0 Å². The SMILES string of the molecule is O=c1[nH]c2cc(Cl)ccc2n1C1CCN(C2CCN(S(=O)(=O)c3ccccc3)CC2)CC1. The summed E-state index contributed by atoms with van der Waals surface area (Å²) in [7, 11) is -3.42. The molecule has 3 aromatic rings. The van der Waals surface area contributed by atoms with Crippen LogP contribution in [0.2, 0.25) is 5.02 Å². The van der Waals surface area contributed by atoms with Crippen molar-refractivity contribution < 1.29 is 8.42 Å². The number of benzene rings is 2. The summed E-state index contributed by atoms with van der Waals surface area (Å²) in [6.45, 7) is 2.91. The summed E-state index contributed by atoms with van der Waals surface area (Å²) in [6.07, 6.45) is 3.47. The number of aromatic amines is 1. The van der Waals surface area contributed by atoms with Crippen molar-refractivity contribution in [2.45, 2.75) is 42.7 Å². The lowest BCUT2D eigenvalue weighted by atomic mass is 9.98. The zero-order chi connectivity index (χ0) is 22.3. The van der Waals surface area contributed by atoms with Crippen LogP contribution in [0, 0.1) is 0 Å². The molecule has 0 unspecified atom stereocenters. The Kier molecular flexibility index (Phi) is 5.88. The molecule has 2 fully saturated rings. The van der Waals surface area contributed by atoms with E-state index in [0.29, 0.717) is 29.0 Å². The Labute approximate surface area is 192 Å². The van der Waals surface area contributed by atoms with Gasteiger partial charge in [0.1, 0.15) is 0 Å². The van der Waals surface area contributed by atoms with E-state index in [1.807, 2.05) is 22.8 Å². The number of likely N-dealkylation sites (tertiary alicyclic amines) is 1. The van der Waals surface area contributed by atoms with E-state index < -0.39 is 10.0 Å². The Morgan fingerprint density at radius 2 is 1.53 bits per heavy atom. The third-order valence-corrected chi connectivity index (χ3v) is 9.01. The predicted octanol–water partition coefficient (Wildman–Crippen LogP) is 3.47. The number of hydrogen-bond acceptors (Lipinski definition) is 4. The van der Waals surface area contributed by atoms with Gasteiger partial charge in [-0.15, -0.1) is 0 Å². The van der Waals surface area contributed by atoms with Gasteiger partial charge in [-0.2, -0.15) is 4.31 Å². The van der Waals surface area contributed by atoms with Crippen LogP contribution in [-0.4, -0.2) is 59.4 Å². The minimum Gasteiger partial charge on any atom is -0.305 e. The van der Waals surface area contributed by atoms with Gasteiger partial charge in [0.2, 0.25) is 10.0 Å². The fourth-order valence-electron chi connectivity index (χ4n) is 5.16. The average molecular weight is 475 g/mol. The third-order valence-electron chi connectivity index (χ3n) is 6.86. The molecule has 7 nitrogen and oxygen atoms in total. The van der Waals surface area contributed by atoms with Crippen LogP contribution in [0.25, 0.3) is 11.0 Å². The molecule has 0 amide bonds. The topological polar surface area (TPSA) is 78.4 Å². The molecule has 1 N–H and O–H groups in total. The van der Waals surface area contributed by atoms with Crippen LogP contribution in [0.1, 0.15) is 31.7 Å². The van der Waals surface area contributed by atoms with Gasteiger partial charge < -0.3 is 9.88 Å². The van der Waals surface area contributed by atoms with Crippen molar-refractivity contribution in [2.75, 3.05) is 26.2 Å². The third kappa shape index (κ3) is 4.01. The zero-order valence-corrected chi connectivity index (χ0v) is 19.4. The first-order valence-corrected chi connectivity index (χ1v) is 12.9. The van der Waals surface area contributed by atoms with Crippen molar-refractivity contribution in [1.29, 1.82) is 0 Å². The van der Waals surface area contributed by atoms with E-state index in [2.05, 4.69) is 9.88 Å². The van der Waals surface area contributed by atoms with Crippen LogP contribution >= 0.6 is 11.6 Å². The fourth-order valence-corrected chi connectivity index (χ4v) is 6.83. The maximum Gasteiger partial charge on any atom is 0.326 e. The molecule has 0 aliphatic carbocycles. The van der Waals surface area contributed by atoms with Crippen LogP contribution in [-0.2, 0) is 10.0 Å². The number of hydrogen-bond donors (Lipinski definition) is 1. The van der Waals surface area contributed by atoms with Crippen molar-refractivity contribution >= 4 is 32.7 Å². The Hall–Kier alpha value is -2.13. The number of piperidine rings is 2. The maximum absolute atomic E-state index is 12.9. The van der Waals surface area contributed by atoms with Crippen molar-refractivity contribution in [3.05, 3.63) is 64.0 Å². The van der Waals surface area contributed by atoms with Crippen LogP contribution in [0.3, 0.4) is 0 Å². The smallest absolute Gasteiger partial charge is 0.305 e. The predicted molar refractivity (Wildman–Crippen MR) is 126 cm³/mol. The molecule has 3 heterocycles. The summed E-state index contributed by atoms with van der Waals surface area (Å²) < 4.78 is 29.2. The number of sulfonamides is 1. The molecule has 2 saturated heterocycles. The highest BCUT2D eigenvalue weighted by atomic mass is 35.5. The standard InChI is InChI=1S/C23H27ClN4O3S/c24-17-6-7-22-21(16-17)25-23(29)28(22)19-8-12-26(13-9-19)18-10-14-27(15-11-18)32(30,31)20-4-2-1-3-5-20/h1-7,16,18-19H,8-15H2,(H,25,29). The summed E-state index contributed by atoms with van der Waals surface area (Å²) in [5, 5.41) is 0.612. The summed E-state index contributed by atoms with van der Waals surface area (Å²) >= 11 is 6.07. The first-order valence-electron chi connectivity index (χ1n) is 11.1. The molecule has 32 heavy (non-hydrogen) atoms. The van der Waals surface area contributed by atoms with E-state index in [9.17, 15) is 13.2 Å². The molecule has 1 aromatic heterocycles.